The zero-order valence-corrected chi connectivity index (χ0v) is 15.7. The Balaban J connectivity index is 2.06. The fourth-order valence-electron chi connectivity index (χ4n) is 2.22. The first kappa shape index (κ1) is 19.1. The van der Waals surface area contributed by atoms with Crippen LogP contribution in [0.15, 0.2) is 42.5 Å². The molecule has 25 heavy (non-hydrogen) atoms. The molecule has 0 radical (unpaired) electrons. The Kier molecular flexibility index (Phi) is 6.28. The molecule has 0 unspecified atom stereocenters. The third-order valence-corrected chi connectivity index (χ3v) is 4.19. The van der Waals surface area contributed by atoms with E-state index < -0.39 is 0 Å². The fourth-order valence-corrected chi connectivity index (χ4v) is 2.71. The summed E-state index contributed by atoms with van der Waals surface area (Å²) in [5, 5.41) is 3.32. The first-order chi connectivity index (χ1) is 11.8. The molecule has 2 aromatic carbocycles. The summed E-state index contributed by atoms with van der Waals surface area (Å²) >= 11 is 12.1. The van der Waals surface area contributed by atoms with E-state index in [9.17, 15) is 9.59 Å². The van der Waals surface area contributed by atoms with Crippen molar-refractivity contribution >= 4 is 46.4 Å². The fraction of sp³-hybridized carbons (Fsp3) is 0.222. The molecule has 0 bridgehead atoms. The summed E-state index contributed by atoms with van der Waals surface area (Å²) < 4.78 is 0. The number of hydrogen-bond donors (Lipinski definition) is 1. The molecule has 0 aromatic heterocycles. The van der Waals surface area contributed by atoms with Crippen LogP contribution in [0.5, 0.6) is 0 Å². The lowest BCUT2D eigenvalue weighted by atomic mass is 10.1. The van der Waals surface area contributed by atoms with Gasteiger partial charge in [-0.2, -0.15) is 0 Å². The molecule has 2 aromatic rings. The zero-order chi connectivity index (χ0) is 18.6. The number of carbonyl (C=O) groups is 2. The van der Waals surface area contributed by atoms with E-state index in [0.717, 1.165) is 5.69 Å². The van der Waals surface area contributed by atoms with Crippen molar-refractivity contribution in [3.8, 4) is 0 Å². The third kappa shape index (κ3) is 4.87. The monoisotopic (exact) mass is 379 g/mol. The highest BCUT2D eigenvalue weighted by molar-refractivity contribution is 6.39. The number of carbonyl (C=O) groups excluding carboxylic acids is 2. The van der Waals surface area contributed by atoms with E-state index in [1.807, 2.05) is 25.1 Å². The van der Waals surface area contributed by atoms with Gasteiger partial charge in [0, 0.05) is 32.4 Å². The van der Waals surface area contributed by atoms with Crippen LogP contribution in [-0.2, 0) is 4.79 Å². The van der Waals surface area contributed by atoms with Gasteiger partial charge in [-0.15, -0.1) is 0 Å². The van der Waals surface area contributed by atoms with Crippen LogP contribution in [0.2, 0.25) is 10.0 Å². The SMILES string of the molecule is CN(CC(=O)Nc1c(Cl)cccc1Cl)C(=O)c1cccc(N(C)C)c1. The van der Waals surface area contributed by atoms with Crippen molar-refractivity contribution in [3.05, 3.63) is 58.1 Å². The lowest BCUT2D eigenvalue weighted by molar-refractivity contribution is -0.116. The minimum absolute atomic E-state index is 0.118. The van der Waals surface area contributed by atoms with Crippen molar-refractivity contribution in [2.24, 2.45) is 0 Å². The Morgan fingerprint density at radius 1 is 1.00 bits per heavy atom. The molecule has 2 amide bonds. The van der Waals surface area contributed by atoms with E-state index >= 15 is 0 Å². The predicted octanol–water partition coefficient (Wildman–Crippen LogP) is 3.77. The van der Waals surface area contributed by atoms with E-state index in [0.29, 0.717) is 21.3 Å². The summed E-state index contributed by atoms with van der Waals surface area (Å²) in [6, 6.07) is 12.2. The van der Waals surface area contributed by atoms with Gasteiger partial charge < -0.3 is 15.1 Å². The molecular formula is C18H19Cl2N3O2. The molecule has 0 atom stereocenters. The summed E-state index contributed by atoms with van der Waals surface area (Å²) in [5.74, 6) is -0.626. The second-order valence-corrected chi connectivity index (χ2v) is 6.57. The highest BCUT2D eigenvalue weighted by atomic mass is 35.5. The summed E-state index contributed by atoms with van der Waals surface area (Å²) in [4.78, 5) is 28.0. The number of nitrogens with zero attached hydrogens (tertiary/aromatic N) is 2. The molecule has 132 valence electrons. The average molecular weight is 380 g/mol. The van der Waals surface area contributed by atoms with Crippen LogP contribution >= 0.6 is 23.2 Å². The van der Waals surface area contributed by atoms with E-state index in [2.05, 4.69) is 5.32 Å². The van der Waals surface area contributed by atoms with Gasteiger partial charge in [-0.1, -0.05) is 35.3 Å². The molecule has 2 rings (SSSR count). The summed E-state index contributed by atoms with van der Waals surface area (Å²) in [6.45, 7) is -0.118. The molecule has 0 fully saturated rings. The maximum atomic E-state index is 12.5. The summed E-state index contributed by atoms with van der Waals surface area (Å²) in [6.07, 6.45) is 0. The van der Waals surface area contributed by atoms with Crippen LogP contribution < -0.4 is 10.2 Å². The first-order valence-corrected chi connectivity index (χ1v) is 8.32. The van der Waals surface area contributed by atoms with E-state index in [4.69, 9.17) is 23.2 Å². The highest BCUT2D eigenvalue weighted by Gasteiger charge is 2.17. The van der Waals surface area contributed by atoms with Gasteiger partial charge in [-0.25, -0.2) is 0 Å². The van der Waals surface area contributed by atoms with Crippen molar-refractivity contribution in [1.82, 2.24) is 4.90 Å². The van der Waals surface area contributed by atoms with Gasteiger partial charge in [0.1, 0.15) is 0 Å². The first-order valence-electron chi connectivity index (χ1n) is 7.56. The summed E-state index contributed by atoms with van der Waals surface area (Å²) in [7, 11) is 5.36. The number of anilines is 2. The largest absolute Gasteiger partial charge is 0.378 e. The lowest BCUT2D eigenvalue weighted by Crippen LogP contribution is -2.35. The van der Waals surface area contributed by atoms with Gasteiger partial charge in [0.25, 0.3) is 5.91 Å². The van der Waals surface area contributed by atoms with Gasteiger partial charge >= 0.3 is 0 Å². The van der Waals surface area contributed by atoms with Crippen LogP contribution in [0, 0.1) is 0 Å². The second-order valence-electron chi connectivity index (χ2n) is 5.75. The van der Waals surface area contributed by atoms with Crippen molar-refractivity contribution in [3.63, 3.8) is 0 Å². The molecule has 0 aliphatic carbocycles. The molecule has 0 heterocycles. The Bertz CT molecular complexity index is 773. The number of hydrogen-bond acceptors (Lipinski definition) is 3. The predicted molar refractivity (Wildman–Crippen MR) is 103 cm³/mol. The Morgan fingerprint density at radius 2 is 1.60 bits per heavy atom. The number of para-hydroxylation sites is 1. The Hall–Kier alpha value is -2.24. The van der Waals surface area contributed by atoms with Gasteiger partial charge in [-0.3, -0.25) is 9.59 Å². The van der Waals surface area contributed by atoms with Crippen LogP contribution in [0.25, 0.3) is 0 Å². The van der Waals surface area contributed by atoms with Crippen molar-refractivity contribution in [1.29, 1.82) is 0 Å². The molecule has 1 N–H and O–H groups in total. The quantitative estimate of drug-likeness (QED) is 0.859. The minimum Gasteiger partial charge on any atom is -0.378 e. The molecule has 0 aliphatic rings. The van der Waals surface area contributed by atoms with Crippen molar-refractivity contribution in [2.45, 2.75) is 0 Å². The normalized spacial score (nSPS) is 10.3. The number of nitrogens with one attached hydrogen (secondary N) is 1. The number of halogens is 2. The molecule has 7 heteroatoms. The number of rotatable bonds is 5. The van der Waals surface area contributed by atoms with Crippen molar-refractivity contribution < 1.29 is 9.59 Å². The molecule has 0 aliphatic heterocycles. The molecular weight excluding hydrogens is 361 g/mol. The van der Waals surface area contributed by atoms with Crippen LogP contribution in [0.3, 0.4) is 0 Å². The Labute approximate surface area is 157 Å². The molecule has 5 nitrogen and oxygen atoms in total. The van der Waals surface area contributed by atoms with E-state index in [-0.39, 0.29) is 18.4 Å². The highest BCUT2D eigenvalue weighted by Crippen LogP contribution is 2.29. The molecule has 0 spiro atoms. The maximum Gasteiger partial charge on any atom is 0.254 e. The van der Waals surface area contributed by atoms with E-state index in [1.165, 1.54) is 4.90 Å². The zero-order valence-electron chi connectivity index (χ0n) is 14.2. The molecule has 0 saturated carbocycles. The number of likely N-dealkylation sites (N-methyl/N-ethyl adjacent to an activating group) is 1. The lowest BCUT2D eigenvalue weighted by Gasteiger charge is -2.19. The van der Waals surface area contributed by atoms with Crippen molar-refractivity contribution in [2.75, 3.05) is 37.9 Å². The average Bonchev–Trinajstić information content (AvgIpc) is 2.57. The summed E-state index contributed by atoms with van der Waals surface area (Å²) in [5.41, 5.74) is 1.76. The topological polar surface area (TPSA) is 52.7 Å². The van der Waals surface area contributed by atoms with Gasteiger partial charge in [0.2, 0.25) is 5.91 Å². The number of benzene rings is 2. The minimum atomic E-state index is -0.380. The van der Waals surface area contributed by atoms with Gasteiger partial charge in [0.05, 0.1) is 22.3 Å². The van der Waals surface area contributed by atoms with Gasteiger partial charge in [0.15, 0.2) is 0 Å². The second kappa shape index (κ2) is 8.23. The van der Waals surface area contributed by atoms with Crippen LogP contribution in [-0.4, -0.2) is 44.4 Å². The molecule has 0 saturated heterocycles. The maximum absolute atomic E-state index is 12.5. The third-order valence-electron chi connectivity index (χ3n) is 3.56. The van der Waals surface area contributed by atoms with Gasteiger partial charge in [-0.05, 0) is 30.3 Å². The standard InChI is InChI=1S/C18H19Cl2N3O2/c1-22(2)13-7-4-6-12(10-13)18(25)23(3)11-16(24)21-17-14(19)8-5-9-15(17)20/h4-10H,11H2,1-3H3,(H,21,24). The van der Waals surface area contributed by atoms with Crippen LogP contribution in [0.4, 0.5) is 11.4 Å². The van der Waals surface area contributed by atoms with Crippen LogP contribution in [0.1, 0.15) is 10.4 Å². The number of amides is 2. The van der Waals surface area contributed by atoms with E-state index in [1.54, 1.807) is 43.4 Å². The Morgan fingerprint density at radius 3 is 2.20 bits per heavy atom. The smallest absolute Gasteiger partial charge is 0.254 e.